The number of hydrogen-bond donors (Lipinski definition) is 0. The second-order valence-corrected chi connectivity index (χ2v) is 6.87. The molecular weight excluding hydrogens is 332 g/mol. The molecule has 0 unspecified atom stereocenters. The van der Waals surface area contributed by atoms with E-state index >= 15 is 0 Å². The number of anilines is 1. The van der Waals surface area contributed by atoms with E-state index < -0.39 is 0 Å². The number of nitrogens with zero attached hydrogens (tertiary/aromatic N) is 4. The van der Waals surface area contributed by atoms with E-state index in [-0.39, 0.29) is 0 Å². The van der Waals surface area contributed by atoms with Crippen LogP contribution in [0.25, 0.3) is 16.7 Å². The maximum atomic E-state index is 9.81. The summed E-state index contributed by atoms with van der Waals surface area (Å²) in [5, 5.41) is 9.81. The maximum Gasteiger partial charge on any atom is 0.157 e. The molecule has 0 amide bonds. The molecule has 4 nitrogen and oxygen atoms in total. The fourth-order valence-electron chi connectivity index (χ4n) is 3.92. The molecule has 4 rings (SSSR count). The molecule has 2 aromatic heterocycles. The Morgan fingerprint density at radius 3 is 2.48 bits per heavy atom. The average Bonchev–Trinajstić information content (AvgIpc) is 3.06. The molecule has 134 valence electrons. The van der Waals surface area contributed by atoms with Gasteiger partial charge in [-0.1, -0.05) is 49.4 Å². The maximum absolute atomic E-state index is 9.81. The van der Waals surface area contributed by atoms with Gasteiger partial charge in [-0.05, 0) is 42.2 Å². The van der Waals surface area contributed by atoms with Crippen LogP contribution in [-0.4, -0.2) is 16.4 Å². The first-order valence-corrected chi connectivity index (χ1v) is 9.23. The summed E-state index contributed by atoms with van der Waals surface area (Å²) in [7, 11) is 2.11. The van der Waals surface area contributed by atoms with E-state index in [0.717, 1.165) is 41.0 Å². The largest absolute Gasteiger partial charge is 0.356 e. The lowest BCUT2D eigenvalue weighted by molar-refractivity contribution is 0.866. The van der Waals surface area contributed by atoms with Gasteiger partial charge in [-0.2, -0.15) is 5.26 Å². The molecule has 0 fully saturated rings. The minimum Gasteiger partial charge on any atom is -0.356 e. The van der Waals surface area contributed by atoms with E-state index in [1.807, 2.05) is 31.2 Å². The summed E-state index contributed by atoms with van der Waals surface area (Å²) in [6.07, 6.45) is 0.859. The number of rotatable bonds is 4. The second-order valence-electron chi connectivity index (χ2n) is 6.87. The molecule has 2 aromatic carbocycles. The summed E-state index contributed by atoms with van der Waals surface area (Å²) >= 11 is 0. The zero-order valence-electron chi connectivity index (χ0n) is 15.9. The smallest absolute Gasteiger partial charge is 0.157 e. The van der Waals surface area contributed by atoms with E-state index in [1.165, 1.54) is 11.1 Å². The third-order valence-electron chi connectivity index (χ3n) is 5.18. The van der Waals surface area contributed by atoms with Crippen molar-refractivity contribution in [3.63, 3.8) is 0 Å². The minimum absolute atomic E-state index is 0.667. The SMILES string of the molecule is CCc1c(C)c(C#N)c2nc3ccccc3n2c1N(C)Cc1ccccc1. The Morgan fingerprint density at radius 2 is 1.78 bits per heavy atom. The quantitative estimate of drug-likeness (QED) is 0.525. The molecule has 4 aromatic rings. The predicted molar refractivity (Wildman–Crippen MR) is 110 cm³/mol. The lowest BCUT2D eigenvalue weighted by Gasteiger charge is -2.26. The number of imidazole rings is 1. The highest BCUT2D eigenvalue weighted by Crippen LogP contribution is 2.33. The van der Waals surface area contributed by atoms with Gasteiger partial charge < -0.3 is 4.90 Å². The molecule has 0 aliphatic carbocycles. The van der Waals surface area contributed by atoms with Crippen LogP contribution in [0.3, 0.4) is 0 Å². The zero-order chi connectivity index (χ0) is 19.0. The van der Waals surface area contributed by atoms with Gasteiger partial charge in [0.2, 0.25) is 0 Å². The molecule has 0 spiro atoms. The van der Waals surface area contributed by atoms with Crippen LogP contribution in [0.4, 0.5) is 5.82 Å². The summed E-state index contributed by atoms with van der Waals surface area (Å²) in [4.78, 5) is 7.05. The van der Waals surface area contributed by atoms with Crippen molar-refractivity contribution in [2.75, 3.05) is 11.9 Å². The first-order valence-electron chi connectivity index (χ1n) is 9.23. The van der Waals surface area contributed by atoms with Gasteiger partial charge in [-0.25, -0.2) is 4.98 Å². The van der Waals surface area contributed by atoms with Crippen molar-refractivity contribution in [2.45, 2.75) is 26.8 Å². The van der Waals surface area contributed by atoms with Crippen molar-refractivity contribution in [1.29, 1.82) is 5.26 Å². The minimum atomic E-state index is 0.667. The molecule has 0 aliphatic heterocycles. The molecular formula is C23H22N4. The molecule has 0 aliphatic rings. The van der Waals surface area contributed by atoms with Crippen molar-refractivity contribution in [1.82, 2.24) is 9.38 Å². The average molecular weight is 354 g/mol. The van der Waals surface area contributed by atoms with E-state index in [1.54, 1.807) is 0 Å². The summed E-state index contributed by atoms with van der Waals surface area (Å²) in [5.74, 6) is 1.11. The van der Waals surface area contributed by atoms with Crippen molar-refractivity contribution < 1.29 is 0 Å². The number of aromatic nitrogens is 2. The van der Waals surface area contributed by atoms with Crippen molar-refractivity contribution in [3.05, 3.63) is 76.9 Å². The van der Waals surface area contributed by atoms with E-state index in [9.17, 15) is 5.26 Å². The molecule has 0 saturated heterocycles. The van der Waals surface area contributed by atoms with Crippen LogP contribution in [-0.2, 0) is 13.0 Å². The number of para-hydroxylation sites is 2. The first-order chi connectivity index (χ1) is 13.2. The monoisotopic (exact) mass is 354 g/mol. The normalized spacial score (nSPS) is 11.0. The van der Waals surface area contributed by atoms with Gasteiger partial charge in [0, 0.05) is 13.6 Å². The van der Waals surface area contributed by atoms with Crippen LogP contribution >= 0.6 is 0 Å². The Kier molecular flexibility index (Phi) is 4.29. The number of benzene rings is 2. The molecule has 2 heterocycles. The van der Waals surface area contributed by atoms with Crippen molar-refractivity contribution in [3.8, 4) is 6.07 Å². The van der Waals surface area contributed by atoms with Crippen molar-refractivity contribution in [2.24, 2.45) is 0 Å². The Bertz CT molecular complexity index is 1170. The van der Waals surface area contributed by atoms with Crippen LogP contribution in [0.2, 0.25) is 0 Å². The highest BCUT2D eigenvalue weighted by molar-refractivity contribution is 5.86. The molecule has 0 atom stereocenters. The van der Waals surface area contributed by atoms with E-state index in [4.69, 9.17) is 4.98 Å². The lowest BCUT2D eigenvalue weighted by Crippen LogP contribution is -2.22. The van der Waals surface area contributed by atoms with Gasteiger partial charge in [0.25, 0.3) is 0 Å². The Hall–Kier alpha value is -3.32. The zero-order valence-corrected chi connectivity index (χ0v) is 15.9. The predicted octanol–water partition coefficient (Wildman–Crippen LogP) is 4.87. The van der Waals surface area contributed by atoms with E-state index in [2.05, 4.69) is 59.7 Å². The topological polar surface area (TPSA) is 44.3 Å². The van der Waals surface area contributed by atoms with Crippen molar-refractivity contribution >= 4 is 22.5 Å². The Balaban J connectivity index is 2.04. The van der Waals surface area contributed by atoms with Gasteiger partial charge in [0.05, 0.1) is 16.6 Å². The summed E-state index contributed by atoms with van der Waals surface area (Å²) < 4.78 is 2.16. The molecule has 0 radical (unpaired) electrons. The third kappa shape index (κ3) is 2.72. The van der Waals surface area contributed by atoms with Gasteiger partial charge in [-0.3, -0.25) is 4.40 Å². The number of hydrogen-bond acceptors (Lipinski definition) is 3. The van der Waals surface area contributed by atoms with Crippen LogP contribution in [0.5, 0.6) is 0 Å². The van der Waals surface area contributed by atoms with Gasteiger partial charge in [0.15, 0.2) is 5.65 Å². The van der Waals surface area contributed by atoms with Gasteiger partial charge >= 0.3 is 0 Å². The first kappa shape index (κ1) is 17.1. The molecule has 0 saturated carbocycles. The molecule has 0 bridgehead atoms. The second kappa shape index (κ2) is 6.77. The number of fused-ring (bicyclic) bond motifs is 3. The van der Waals surface area contributed by atoms with Crippen LogP contribution in [0.15, 0.2) is 54.6 Å². The number of nitriles is 1. The fourth-order valence-corrected chi connectivity index (χ4v) is 3.92. The van der Waals surface area contributed by atoms with Gasteiger partial charge in [0.1, 0.15) is 11.9 Å². The van der Waals surface area contributed by atoms with Crippen LogP contribution in [0.1, 0.15) is 29.2 Å². The third-order valence-corrected chi connectivity index (χ3v) is 5.18. The highest BCUT2D eigenvalue weighted by atomic mass is 15.2. The van der Waals surface area contributed by atoms with Gasteiger partial charge in [-0.15, -0.1) is 0 Å². The lowest BCUT2D eigenvalue weighted by atomic mass is 10.0. The Labute approximate surface area is 159 Å². The van der Waals surface area contributed by atoms with E-state index in [0.29, 0.717) is 5.56 Å². The fraction of sp³-hybridized carbons (Fsp3) is 0.217. The summed E-state index contributed by atoms with van der Waals surface area (Å²) in [6.45, 7) is 4.98. The van der Waals surface area contributed by atoms with Crippen LogP contribution in [0, 0.1) is 18.3 Å². The van der Waals surface area contributed by atoms with Crippen LogP contribution < -0.4 is 4.90 Å². The Morgan fingerprint density at radius 1 is 1.07 bits per heavy atom. The summed E-state index contributed by atoms with van der Waals surface area (Å²) in [5.41, 5.74) is 6.83. The number of pyridine rings is 1. The standard InChI is InChI=1S/C23H22N4/c1-4-18-16(2)19(14-24)22-25-20-12-8-9-13-21(20)27(22)23(18)26(3)15-17-10-6-5-7-11-17/h5-13H,4,15H2,1-3H3. The molecule has 27 heavy (non-hydrogen) atoms. The molecule has 4 heteroatoms. The highest BCUT2D eigenvalue weighted by Gasteiger charge is 2.22. The summed E-state index contributed by atoms with van der Waals surface area (Å²) in [6, 6.07) is 20.9. The molecule has 0 N–H and O–H groups in total.